The highest BCUT2D eigenvalue weighted by atomic mass is 16.5. The van der Waals surface area contributed by atoms with Crippen LogP contribution in [-0.2, 0) is 17.8 Å². The molecule has 0 fully saturated rings. The van der Waals surface area contributed by atoms with Crippen LogP contribution in [0.3, 0.4) is 0 Å². The third-order valence-electron chi connectivity index (χ3n) is 3.06. The van der Waals surface area contributed by atoms with E-state index in [1.54, 1.807) is 13.4 Å². The first-order valence-corrected chi connectivity index (χ1v) is 6.70. The Morgan fingerprint density at radius 1 is 1.14 bits per heavy atom. The predicted molar refractivity (Wildman–Crippen MR) is 76.7 cm³/mol. The number of nitrogens with zero attached hydrogens (tertiary/aromatic N) is 2. The van der Waals surface area contributed by atoms with Crippen molar-refractivity contribution in [2.24, 2.45) is 0 Å². The van der Waals surface area contributed by atoms with Gasteiger partial charge in [-0.2, -0.15) is 0 Å². The second kappa shape index (κ2) is 5.93. The lowest BCUT2D eigenvalue weighted by Gasteiger charge is -1.98. The van der Waals surface area contributed by atoms with Gasteiger partial charge in [-0.05, 0) is 5.56 Å². The molecule has 2 heterocycles. The Morgan fingerprint density at radius 2 is 1.95 bits per heavy atom. The van der Waals surface area contributed by atoms with E-state index in [0.717, 1.165) is 17.0 Å². The van der Waals surface area contributed by atoms with Gasteiger partial charge in [-0.25, -0.2) is 9.97 Å². The largest absolute Gasteiger partial charge is 0.445 e. The number of hydrogen-bond donors (Lipinski definition) is 0. The summed E-state index contributed by atoms with van der Waals surface area (Å²) < 4.78 is 16.2. The normalized spacial score (nSPS) is 11.0. The minimum Gasteiger partial charge on any atom is -0.445 e. The van der Waals surface area contributed by atoms with Crippen LogP contribution in [0.5, 0.6) is 0 Å². The smallest absolute Gasteiger partial charge is 0.249 e. The van der Waals surface area contributed by atoms with Gasteiger partial charge in [0.1, 0.15) is 17.7 Å². The summed E-state index contributed by atoms with van der Waals surface area (Å²) in [4.78, 5) is 8.76. The summed E-state index contributed by atoms with van der Waals surface area (Å²) in [6.45, 7) is 2.23. The summed E-state index contributed by atoms with van der Waals surface area (Å²) in [7, 11) is 1.62. The highest BCUT2D eigenvalue weighted by Gasteiger charge is 2.18. The van der Waals surface area contributed by atoms with Gasteiger partial charge < -0.3 is 13.6 Å². The Bertz CT molecular complexity index is 716. The van der Waals surface area contributed by atoms with Crippen LogP contribution in [0.2, 0.25) is 0 Å². The molecule has 21 heavy (non-hydrogen) atoms. The van der Waals surface area contributed by atoms with Crippen molar-refractivity contribution < 1.29 is 13.6 Å². The second-order valence-corrected chi connectivity index (χ2v) is 4.74. The van der Waals surface area contributed by atoms with Crippen LogP contribution < -0.4 is 0 Å². The third kappa shape index (κ3) is 3.03. The molecule has 0 radical (unpaired) electrons. The fraction of sp³-hybridized carbons (Fsp3) is 0.250. The van der Waals surface area contributed by atoms with Gasteiger partial charge in [-0.3, -0.25) is 0 Å². The zero-order valence-electron chi connectivity index (χ0n) is 12.0. The molecular weight excluding hydrogens is 268 g/mol. The van der Waals surface area contributed by atoms with Gasteiger partial charge in [0.2, 0.25) is 5.89 Å². The maximum absolute atomic E-state index is 5.70. The number of benzene rings is 1. The quantitative estimate of drug-likeness (QED) is 0.718. The summed E-state index contributed by atoms with van der Waals surface area (Å²) in [6, 6.07) is 10.1. The summed E-state index contributed by atoms with van der Waals surface area (Å²) in [5.74, 6) is 1.82. The van der Waals surface area contributed by atoms with Crippen molar-refractivity contribution in [1.29, 1.82) is 0 Å². The van der Waals surface area contributed by atoms with E-state index < -0.39 is 0 Å². The van der Waals surface area contributed by atoms with E-state index in [9.17, 15) is 0 Å². The minimum atomic E-state index is 0.411. The number of oxazole rings is 2. The highest BCUT2D eigenvalue weighted by molar-refractivity contribution is 5.51. The maximum atomic E-state index is 5.70. The number of hydrogen-bond acceptors (Lipinski definition) is 5. The average molecular weight is 284 g/mol. The average Bonchev–Trinajstić information content (AvgIpc) is 3.07. The van der Waals surface area contributed by atoms with Gasteiger partial charge in [-0.15, -0.1) is 0 Å². The van der Waals surface area contributed by atoms with Crippen molar-refractivity contribution in [1.82, 2.24) is 9.97 Å². The summed E-state index contributed by atoms with van der Waals surface area (Å²) in [5.41, 5.74) is 2.54. The lowest BCUT2D eigenvalue weighted by Crippen LogP contribution is -1.91. The number of methoxy groups -OCH3 is 1. The zero-order valence-corrected chi connectivity index (χ0v) is 12.0. The first-order chi connectivity index (χ1) is 10.3. The van der Waals surface area contributed by atoms with Gasteiger partial charge in [0.25, 0.3) is 0 Å². The van der Waals surface area contributed by atoms with Gasteiger partial charge in [0.15, 0.2) is 11.6 Å². The summed E-state index contributed by atoms with van der Waals surface area (Å²) in [5, 5.41) is 0. The van der Waals surface area contributed by atoms with E-state index in [4.69, 9.17) is 13.6 Å². The fourth-order valence-corrected chi connectivity index (χ4v) is 2.17. The van der Waals surface area contributed by atoms with E-state index in [2.05, 4.69) is 9.97 Å². The zero-order chi connectivity index (χ0) is 14.7. The van der Waals surface area contributed by atoms with Crippen LogP contribution in [0.1, 0.15) is 22.9 Å². The van der Waals surface area contributed by atoms with E-state index >= 15 is 0 Å². The molecule has 0 spiro atoms. The van der Waals surface area contributed by atoms with Gasteiger partial charge >= 0.3 is 0 Å². The first kappa shape index (κ1) is 13.6. The Labute approximate surface area is 122 Å². The number of aryl methyl sites for hydroxylation is 1. The molecule has 0 bridgehead atoms. The van der Waals surface area contributed by atoms with Crippen LogP contribution in [0.4, 0.5) is 0 Å². The van der Waals surface area contributed by atoms with Gasteiger partial charge in [0, 0.05) is 20.5 Å². The van der Waals surface area contributed by atoms with E-state index in [1.807, 2.05) is 37.3 Å². The number of rotatable bonds is 5. The molecule has 3 rings (SSSR count). The fourth-order valence-electron chi connectivity index (χ4n) is 2.17. The first-order valence-electron chi connectivity index (χ1n) is 6.70. The molecule has 0 aliphatic carbocycles. The second-order valence-electron chi connectivity index (χ2n) is 4.74. The molecule has 5 heteroatoms. The van der Waals surface area contributed by atoms with Crippen LogP contribution in [0.25, 0.3) is 11.6 Å². The molecule has 0 aliphatic rings. The monoisotopic (exact) mass is 284 g/mol. The van der Waals surface area contributed by atoms with E-state index in [-0.39, 0.29) is 0 Å². The van der Waals surface area contributed by atoms with Gasteiger partial charge in [0.05, 0.1) is 6.61 Å². The van der Waals surface area contributed by atoms with Crippen molar-refractivity contribution >= 4 is 0 Å². The molecular formula is C16H16N2O3. The molecule has 0 aliphatic heterocycles. The number of ether oxygens (including phenoxy) is 1. The van der Waals surface area contributed by atoms with Crippen LogP contribution in [0.15, 0.2) is 45.4 Å². The lowest BCUT2D eigenvalue weighted by molar-refractivity contribution is 0.181. The standard InChI is InChI=1S/C16H16N2O3/c1-11-17-15(16-18-13(9-19-2)10-20-16)14(21-11)8-12-6-4-3-5-7-12/h3-7,10H,8-9H2,1-2H3. The van der Waals surface area contributed by atoms with Crippen molar-refractivity contribution in [3.8, 4) is 11.6 Å². The minimum absolute atomic E-state index is 0.411. The Morgan fingerprint density at radius 3 is 2.71 bits per heavy atom. The molecule has 0 unspecified atom stereocenters. The molecule has 0 saturated carbocycles. The SMILES string of the molecule is COCc1coc(-c2nc(C)oc2Cc2ccccc2)n1. The van der Waals surface area contributed by atoms with Crippen molar-refractivity contribution in [2.45, 2.75) is 20.0 Å². The molecule has 5 nitrogen and oxygen atoms in total. The van der Waals surface area contributed by atoms with E-state index in [1.165, 1.54) is 0 Å². The Balaban J connectivity index is 1.91. The molecule has 0 amide bonds. The van der Waals surface area contributed by atoms with Crippen LogP contribution in [-0.4, -0.2) is 17.1 Å². The molecule has 0 saturated heterocycles. The lowest BCUT2D eigenvalue weighted by atomic mass is 10.1. The topological polar surface area (TPSA) is 61.3 Å². The number of aromatic nitrogens is 2. The van der Waals surface area contributed by atoms with Gasteiger partial charge in [-0.1, -0.05) is 30.3 Å². The molecule has 0 N–H and O–H groups in total. The molecule has 0 atom stereocenters. The van der Waals surface area contributed by atoms with E-state index in [0.29, 0.717) is 30.5 Å². The third-order valence-corrected chi connectivity index (χ3v) is 3.06. The predicted octanol–water partition coefficient (Wildman–Crippen LogP) is 3.38. The maximum Gasteiger partial charge on any atom is 0.249 e. The molecule has 2 aromatic heterocycles. The van der Waals surface area contributed by atoms with Crippen molar-refractivity contribution in [2.75, 3.05) is 7.11 Å². The molecule has 1 aromatic carbocycles. The summed E-state index contributed by atoms with van der Waals surface area (Å²) in [6.07, 6.45) is 2.23. The van der Waals surface area contributed by atoms with Crippen LogP contribution in [0, 0.1) is 6.92 Å². The van der Waals surface area contributed by atoms with Crippen molar-refractivity contribution in [3.63, 3.8) is 0 Å². The Kier molecular flexibility index (Phi) is 3.83. The summed E-state index contributed by atoms with van der Waals surface area (Å²) >= 11 is 0. The molecule has 3 aromatic rings. The molecule has 108 valence electrons. The highest BCUT2D eigenvalue weighted by Crippen LogP contribution is 2.25. The van der Waals surface area contributed by atoms with Crippen molar-refractivity contribution in [3.05, 3.63) is 59.5 Å². The van der Waals surface area contributed by atoms with Crippen LogP contribution >= 0.6 is 0 Å². The Hall–Kier alpha value is -2.40.